The first-order valence-corrected chi connectivity index (χ1v) is 11.9. The molecule has 1 amide bonds. The number of fused-ring (bicyclic) bond motifs is 2. The van der Waals surface area contributed by atoms with Crippen molar-refractivity contribution in [3.8, 4) is 5.75 Å². The van der Waals surface area contributed by atoms with E-state index in [1.807, 2.05) is 0 Å². The Hall–Kier alpha value is -3.83. The summed E-state index contributed by atoms with van der Waals surface area (Å²) in [7, 11) is 1.74. The van der Waals surface area contributed by atoms with Crippen molar-refractivity contribution in [2.24, 2.45) is 0 Å². The molecule has 11 heteroatoms. The van der Waals surface area contributed by atoms with E-state index < -0.39 is 28.3 Å². The Morgan fingerprint density at radius 2 is 1.83 bits per heavy atom. The van der Waals surface area contributed by atoms with E-state index in [4.69, 9.17) is 4.74 Å². The molecule has 0 saturated carbocycles. The van der Waals surface area contributed by atoms with Gasteiger partial charge in [-0.25, -0.2) is 0 Å². The number of hydrogen-bond donors (Lipinski definition) is 1. The molecule has 1 N–H and O–H groups in total. The highest BCUT2D eigenvalue weighted by molar-refractivity contribution is 9.10. The summed E-state index contributed by atoms with van der Waals surface area (Å²) < 4.78 is 6.48. The predicted molar refractivity (Wildman–Crippen MR) is 134 cm³/mol. The van der Waals surface area contributed by atoms with Gasteiger partial charge in [0.1, 0.15) is 12.4 Å². The average Bonchev–Trinajstić information content (AvgIpc) is 3.33. The molecule has 3 atom stereocenters. The topological polar surface area (TPSA) is 128 Å². The second-order valence-corrected chi connectivity index (χ2v) is 9.74. The molecule has 5 rings (SSSR count). The zero-order chi connectivity index (χ0) is 25.6. The lowest BCUT2D eigenvalue weighted by Gasteiger charge is -2.30. The van der Waals surface area contributed by atoms with Gasteiger partial charge < -0.3 is 10.1 Å². The molecule has 0 radical (unpaired) electrons. The second-order valence-electron chi connectivity index (χ2n) is 8.89. The van der Waals surface area contributed by atoms with E-state index >= 15 is 0 Å². The third-order valence-corrected chi connectivity index (χ3v) is 7.59. The highest BCUT2D eigenvalue weighted by Gasteiger charge is 2.68. The van der Waals surface area contributed by atoms with Gasteiger partial charge in [0.05, 0.1) is 15.3 Å². The number of likely N-dealkylation sites (N-methyl/N-ethyl adjacent to an activating group) is 1. The molecule has 0 unspecified atom stereocenters. The number of likely N-dealkylation sites (tertiary alicyclic amines) is 1. The number of carbonyl (C=O) groups is 1. The van der Waals surface area contributed by atoms with Gasteiger partial charge in [-0.15, -0.1) is 0 Å². The largest absolute Gasteiger partial charge is 0.488 e. The summed E-state index contributed by atoms with van der Waals surface area (Å²) in [5.41, 5.74) is 1.29. The lowest BCUT2D eigenvalue weighted by Crippen LogP contribution is -2.54. The summed E-state index contributed by atoms with van der Waals surface area (Å²) in [6.45, 7) is 0.516. The number of rotatable bonds is 6. The maximum atomic E-state index is 13.2. The van der Waals surface area contributed by atoms with Gasteiger partial charge in [0.15, 0.2) is 5.54 Å². The number of halogens is 1. The monoisotopic (exact) mass is 552 g/mol. The molecule has 3 aromatic rings. The minimum absolute atomic E-state index is 0.00231. The molecule has 10 nitrogen and oxygen atoms in total. The number of ether oxygens (including phenoxy) is 1. The minimum atomic E-state index is -1.40. The normalized spacial score (nSPS) is 22.9. The van der Waals surface area contributed by atoms with Crippen LogP contribution in [0.25, 0.3) is 0 Å². The molecule has 2 aliphatic rings. The standard InChI is InChI=1S/C25H21BrN4O6/c1-28-13-18(23(30(34)35)25(28)19-4-2-3-5-21(19)27-24(25)31)16-8-11-22(20(26)12-16)36-14-15-6-9-17(10-7-15)29(32)33/h2-12,18,23H,13-14H2,1H3,(H,27,31)/t18-,23+,25-/m1/s1. The molecule has 36 heavy (non-hydrogen) atoms. The molecule has 2 aliphatic heterocycles. The third-order valence-electron chi connectivity index (χ3n) is 6.97. The van der Waals surface area contributed by atoms with Crippen molar-refractivity contribution in [2.75, 3.05) is 18.9 Å². The number of nitro benzene ring substituents is 1. The number of nitrogens with zero attached hydrogens (tertiary/aromatic N) is 3. The Labute approximate surface area is 214 Å². The van der Waals surface area contributed by atoms with Gasteiger partial charge >= 0.3 is 0 Å². The molecule has 1 fully saturated rings. The van der Waals surface area contributed by atoms with Crippen molar-refractivity contribution >= 4 is 33.2 Å². The van der Waals surface area contributed by atoms with Gasteiger partial charge in [0, 0.05) is 34.9 Å². The van der Waals surface area contributed by atoms with Crippen LogP contribution in [0.3, 0.4) is 0 Å². The van der Waals surface area contributed by atoms with Crippen LogP contribution in [0.2, 0.25) is 0 Å². The first-order valence-electron chi connectivity index (χ1n) is 11.1. The van der Waals surface area contributed by atoms with E-state index in [1.165, 1.54) is 12.1 Å². The van der Waals surface area contributed by atoms with E-state index in [1.54, 1.807) is 66.5 Å². The summed E-state index contributed by atoms with van der Waals surface area (Å²) in [6.07, 6.45) is 0. The SMILES string of the molecule is CN1C[C@H](c2ccc(OCc3ccc([N+](=O)[O-])cc3)c(Br)c2)[C@H]([N+](=O)[O-])[C@]12C(=O)Nc1ccccc12. The molecule has 0 aromatic heterocycles. The fourth-order valence-corrected chi connectivity index (χ4v) is 5.83. The summed E-state index contributed by atoms with van der Waals surface area (Å²) >= 11 is 3.51. The third kappa shape index (κ3) is 3.71. The Morgan fingerprint density at radius 1 is 1.11 bits per heavy atom. The minimum Gasteiger partial charge on any atom is -0.488 e. The molecule has 1 saturated heterocycles. The van der Waals surface area contributed by atoms with Crippen LogP contribution in [0.1, 0.15) is 22.6 Å². The van der Waals surface area contributed by atoms with E-state index in [2.05, 4.69) is 21.2 Å². The summed E-state index contributed by atoms with van der Waals surface area (Å²) in [4.78, 5) is 37.5. The number of benzene rings is 3. The number of carbonyl (C=O) groups excluding carboxylic acids is 1. The number of non-ortho nitro benzene ring substituents is 1. The van der Waals surface area contributed by atoms with Gasteiger partial charge in [-0.2, -0.15) is 0 Å². The number of para-hydroxylation sites is 1. The van der Waals surface area contributed by atoms with Crippen LogP contribution >= 0.6 is 15.9 Å². The Bertz CT molecular complexity index is 1380. The zero-order valence-corrected chi connectivity index (χ0v) is 20.7. The van der Waals surface area contributed by atoms with Gasteiger partial charge in [-0.05, 0) is 64.4 Å². The summed E-state index contributed by atoms with van der Waals surface area (Å²) in [5.74, 6) is -0.403. The van der Waals surface area contributed by atoms with Crippen LogP contribution in [0.4, 0.5) is 11.4 Å². The van der Waals surface area contributed by atoms with Crippen molar-refractivity contribution in [1.29, 1.82) is 0 Å². The quantitative estimate of drug-likeness (QED) is 0.353. The maximum absolute atomic E-state index is 13.2. The van der Waals surface area contributed by atoms with Crippen LogP contribution in [-0.4, -0.2) is 40.3 Å². The molecule has 1 spiro atoms. The lowest BCUT2D eigenvalue weighted by molar-refractivity contribution is -0.534. The number of nitro groups is 2. The molecule has 3 aromatic carbocycles. The highest BCUT2D eigenvalue weighted by atomic mass is 79.9. The fourth-order valence-electron chi connectivity index (χ4n) is 5.32. The van der Waals surface area contributed by atoms with E-state index in [9.17, 15) is 25.0 Å². The van der Waals surface area contributed by atoms with Crippen molar-refractivity contribution in [1.82, 2.24) is 4.90 Å². The zero-order valence-electron chi connectivity index (χ0n) is 19.1. The number of anilines is 1. The van der Waals surface area contributed by atoms with Crippen LogP contribution < -0.4 is 10.1 Å². The molecule has 2 heterocycles. The number of hydrogen-bond acceptors (Lipinski definition) is 7. The Balaban J connectivity index is 1.42. The first-order chi connectivity index (χ1) is 17.2. The van der Waals surface area contributed by atoms with Crippen LogP contribution in [-0.2, 0) is 16.9 Å². The van der Waals surface area contributed by atoms with Gasteiger partial charge in [0.25, 0.3) is 17.6 Å². The average molecular weight is 553 g/mol. The van der Waals surface area contributed by atoms with Crippen LogP contribution in [0.15, 0.2) is 71.2 Å². The van der Waals surface area contributed by atoms with Gasteiger partial charge in [-0.3, -0.25) is 29.9 Å². The summed E-state index contributed by atoms with van der Waals surface area (Å²) in [5, 5.41) is 26.1. The smallest absolute Gasteiger partial charge is 0.269 e. The Morgan fingerprint density at radius 3 is 2.50 bits per heavy atom. The predicted octanol–water partition coefficient (Wildman–Crippen LogP) is 4.46. The number of nitrogens with one attached hydrogen (secondary N) is 1. The van der Waals surface area contributed by atoms with E-state index in [-0.39, 0.29) is 17.2 Å². The van der Waals surface area contributed by atoms with Gasteiger partial charge in [-0.1, -0.05) is 24.3 Å². The van der Waals surface area contributed by atoms with E-state index in [0.717, 1.165) is 5.56 Å². The van der Waals surface area contributed by atoms with Crippen LogP contribution in [0, 0.1) is 20.2 Å². The first kappa shape index (κ1) is 23.9. The van der Waals surface area contributed by atoms with Crippen molar-refractivity contribution in [3.63, 3.8) is 0 Å². The number of amides is 1. The molecule has 0 aliphatic carbocycles. The van der Waals surface area contributed by atoms with Gasteiger partial charge in [0.2, 0.25) is 0 Å². The van der Waals surface area contributed by atoms with Crippen molar-refractivity contribution < 1.29 is 19.4 Å². The molecular weight excluding hydrogens is 532 g/mol. The maximum Gasteiger partial charge on any atom is 0.269 e. The van der Waals surface area contributed by atoms with Crippen molar-refractivity contribution in [3.05, 3.63) is 108 Å². The fraction of sp³-hybridized carbons (Fsp3) is 0.240. The molecular formula is C25H21BrN4O6. The second kappa shape index (κ2) is 8.99. The van der Waals surface area contributed by atoms with E-state index in [0.29, 0.717) is 33.6 Å². The van der Waals surface area contributed by atoms with Crippen molar-refractivity contribution in [2.45, 2.75) is 24.1 Å². The summed E-state index contributed by atoms with van der Waals surface area (Å²) in [6, 6.07) is 17.3. The Kier molecular flexibility index (Phi) is 5.97. The van der Waals surface area contributed by atoms with Crippen LogP contribution in [0.5, 0.6) is 5.75 Å². The molecule has 0 bridgehead atoms. The highest BCUT2D eigenvalue weighted by Crippen LogP contribution is 2.52. The lowest BCUT2D eigenvalue weighted by atomic mass is 9.79. The molecule has 184 valence electrons.